The number of ether oxygens (including phenoxy) is 1. The van der Waals surface area contributed by atoms with Gasteiger partial charge >= 0.3 is 5.97 Å². The number of hydrogen-bond acceptors (Lipinski definition) is 4. The minimum Gasteiger partial charge on any atom is -0.487 e. The minimum atomic E-state index is -1.14. The third-order valence-corrected chi connectivity index (χ3v) is 3.02. The lowest BCUT2D eigenvalue weighted by atomic mass is 10.2. The maximum Gasteiger partial charge on any atom is 0.371 e. The molecular formula is C14H10ClNO4. The Morgan fingerprint density at radius 2 is 2.30 bits per heavy atom. The summed E-state index contributed by atoms with van der Waals surface area (Å²) < 4.78 is 10.6. The highest BCUT2D eigenvalue weighted by Crippen LogP contribution is 2.26. The summed E-state index contributed by atoms with van der Waals surface area (Å²) in [4.78, 5) is 10.8. The summed E-state index contributed by atoms with van der Waals surface area (Å²) in [5, 5.41) is 18.2. The number of aromatic carboxylic acids is 1. The highest BCUT2D eigenvalue weighted by Gasteiger charge is 2.14. The van der Waals surface area contributed by atoms with E-state index in [0.29, 0.717) is 22.1 Å². The molecule has 20 heavy (non-hydrogen) atoms. The average Bonchev–Trinajstić information content (AvgIpc) is 2.78. The van der Waals surface area contributed by atoms with Crippen molar-refractivity contribution in [3.05, 3.63) is 51.9 Å². The van der Waals surface area contributed by atoms with Crippen molar-refractivity contribution in [1.29, 1.82) is 5.26 Å². The van der Waals surface area contributed by atoms with Crippen molar-refractivity contribution < 1.29 is 19.1 Å². The predicted octanol–water partition coefficient (Wildman–Crippen LogP) is 3.39. The van der Waals surface area contributed by atoms with Gasteiger partial charge in [0.05, 0.1) is 5.02 Å². The van der Waals surface area contributed by atoms with Gasteiger partial charge in [0.25, 0.3) is 0 Å². The van der Waals surface area contributed by atoms with E-state index in [1.54, 1.807) is 25.1 Å². The Hall–Kier alpha value is -2.45. The maximum atomic E-state index is 10.8. The van der Waals surface area contributed by atoms with Crippen LogP contribution in [0, 0.1) is 18.3 Å². The third-order valence-electron chi connectivity index (χ3n) is 2.70. The molecule has 1 N–H and O–H groups in total. The molecule has 0 unspecified atom stereocenters. The second-order valence-corrected chi connectivity index (χ2v) is 4.42. The smallest absolute Gasteiger partial charge is 0.371 e. The second kappa shape index (κ2) is 5.68. The molecule has 1 aromatic carbocycles. The quantitative estimate of drug-likeness (QED) is 0.933. The lowest BCUT2D eigenvalue weighted by Crippen LogP contribution is -1.98. The lowest BCUT2D eigenvalue weighted by Gasteiger charge is -2.07. The molecule has 2 rings (SSSR count). The van der Waals surface area contributed by atoms with Gasteiger partial charge in [0, 0.05) is 5.56 Å². The SMILES string of the molecule is Cc1oc(C(=O)O)cc1COc1cccc(Cl)c1C#N. The molecule has 1 aromatic heterocycles. The molecule has 1 heterocycles. The van der Waals surface area contributed by atoms with Crippen molar-refractivity contribution in [1.82, 2.24) is 0 Å². The van der Waals surface area contributed by atoms with Crippen LogP contribution in [0.4, 0.5) is 0 Å². The third kappa shape index (κ3) is 2.76. The summed E-state index contributed by atoms with van der Waals surface area (Å²) in [5.41, 5.74) is 0.847. The van der Waals surface area contributed by atoms with Crippen molar-refractivity contribution in [2.45, 2.75) is 13.5 Å². The fourth-order valence-electron chi connectivity index (χ4n) is 1.66. The van der Waals surface area contributed by atoms with E-state index in [1.807, 2.05) is 6.07 Å². The van der Waals surface area contributed by atoms with E-state index in [2.05, 4.69) is 0 Å². The Morgan fingerprint density at radius 3 is 2.90 bits per heavy atom. The number of nitriles is 1. The number of carboxylic acid groups (broad SMARTS) is 1. The molecule has 2 aromatic rings. The normalized spacial score (nSPS) is 10.1. The summed E-state index contributed by atoms with van der Waals surface area (Å²) in [5.74, 6) is -0.479. The van der Waals surface area contributed by atoms with Crippen LogP contribution in [-0.2, 0) is 6.61 Å². The number of carboxylic acids is 1. The van der Waals surface area contributed by atoms with Crippen LogP contribution >= 0.6 is 11.6 Å². The number of rotatable bonds is 4. The van der Waals surface area contributed by atoms with Gasteiger partial charge in [-0.2, -0.15) is 5.26 Å². The van der Waals surface area contributed by atoms with Gasteiger partial charge in [-0.15, -0.1) is 0 Å². The molecule has 102 valence electrons. The standard InChI is InChI=1S/C14H10ClNO4/c1-8-9(5-13(20-8)14(17)18)7-19-12-4-2-3-11(15)10(12)6-16/h2-5H,7H2,1H3,(H,17,18). The number of benzene rings is 1. The largest absolute Gasteiger partial charge is 0.487 e. The minimum absolute atomic E-state index is 0.0949. The van der Waals surface area contributed by atoms with Gasteiger partial charge in [-0.3, -0.25) is 0 Å². The molecule has 0 aliphatic carbocycles. The van der Waals surface area contributed by atoms with E-state index in [0.717, 1.165) is 0 Å². The molecule has 5 nitrogen and oxygen atoms in total. The zero-order chi connectivity index (χ0) is 14.7. The highest BCUT2D eigenvalue weighted by molar-refractivity contribution is 6.31. The molecule has 0 fully saturated rings. The van der Waals surface area contributed by atoms with E-state index in [1.165, 1.54) is 6.07 Å². The van der Waals surface area contributed by atoms with Crippen LogP contribution in [0.3, 0.4) is 0 Å². The first kappa shape index (κ1) is 14.0. The van der Waals surface area contributed by atoms with E-state index in [9.17, 15) is 4.79 Å². The van der Waals surface area contributed by atoms with E-state index in [-0.39, 0.29) is 17.9 Å². The van der Waals surface area contributed by atoms with Crippen LogP contribution in [0.1, 0.15) is 27.4 Å². The Morgan fingerprint density at radius 1 is 1.55 bits per heavy atom. The zero-order valence-electron chi connectivity index (χ0n) is 10.5. The van der Waals surface area contributed by atoms with Gasteiger partial charge in [0.15, 0.2) is 0 Å². The summed E-state index contributed by atoms with van der Waals surface area (Å²) in [7, 11) is 0. The van der Waals surface area contributed by atoms with Gasteiger partial charge in [0.2, 0.25) is 5.76 Å². The number of aryl methyl sites for hydroxylation is 1. The van der Waals surface area contributed by atoms with E-state index in [4.69, 9.17) is 31.1 Å². The van der Waals surface area contributed by atoms with Crippen LogP contribution in [0.15, 0.2) is 28.7 Å². The molecular weight excluding hydrogens is 282 g/mol. The van der Waals surface area contributed by atoms with Crippen molar-refractivity contribution in [2.75, 3.05) is 0 Å². The summed E-state index contributed by atoms with van der Waals surface area (Å²) in [6.07, 6.45) is 0. The Bertz CT molecular complexity index is 700. The summed E-state index contributed by atoms with van der Waals surface area (Å²) >= 11 is 5.89. The molecule has 0 spiro atoms. The van der Waals surface area contributed by atoms with Gasteiger partial charge < -0.3 is 14.3 Å². The van der Waals surface area contributed by atoms with Crippen molar-refractivity contribution >= 4 is 17.6 Å². The first-order valence-corrected chi connectivity index (χ1v) is 6.04. The molecule has 0 atom stereocenters. The molecule has 6 heteroatoms. The molecule has 0 bridgehead atoms. The molecule has 0 amide bonds. The average molecular weight is 292 g/mol. The van der Waals surface area contributed by atoms with Gasteiger partial charge in [-0.1, -0.05) is 17.7 Å². The number of furan rings is 1. The fraction of sp³-hybridized carbons (Fsp3) is 0.143. The maximum absolute atomic E-state index is 10.8. The van der Waals surface area contributed by atoms with Crippen LogP contribution in [0.5, 0.6) is 5.75 Å². The van der Waals surface area contributed by atoms with Crippen LogP contribution in [-0.4, -0.2) is 11.1 Å². The van der Waals surface area contributed by atoms with Crippen molar-refractivity contribution in [3.63, 3.8) is 0 Å². The van der Waals surface area contributed by atoms with Crippen LogP contribution < -0.4 is 4.74 Å². The Kier molecular flexibility index (Phi) is 3.97. The van der Waals surface area contributed by atoms with Gasteiger partial charge in [-0.25, -0.2) is 4.79 Å². The van der Waals surface area contributed by atoms with Crippen LogP contribution in [0.25, 0.3) is 0 Å². The van der Waals surface area contributed by atoms with Crippen molar-refractivity contribution in [2.24, 2.45) is 0 Å². The summed E-state index contributed by atoms with van der Waals surface area (Å²) in [6.45, 7) is 1.74. The molecule has 0 aliphatic rings. The van der Waals surface area contributed by atoms with E-state index >= 15 is 0 Å². The van der Waals surface area contributed by atoms with E-state index < -0.39 is 5.97 Å². The molecule has 0 aliphatic heterocycles. The highest BCUT2D eigenvalue weighted by atomic mass is 35.5. The lowest BCUT2D eigenvalue weighted by molar-refractivity contribution is 0.0661. The second-order valence-electron chi connectivity index (χ2n) is 4.01. The van der Waals surface area contributed by atoms with Gasteiger partial charge in [0.1, 0.15) is 29.7 Å². The molecule has 0 saturated heterocycles. The first-order chi connectivity index (χ1) is 9.52. The zero-order valence-corrected chi connectivity index (χ0v) is 11.3. The first-order valence-electron chi connectivity index (χ1n) is 5.67. The Labute approximate surface area is 120 Å². The number of halogens is 1. The topological polar surface area (TPSA) is 83.5 Å². The van der Waals surface area contributed by atoms with Crippen LogP contribution in [0.2, 0.25) is 5.02 Å². The fourth-order valence-corrected chi connectivity index (χ4v) is 1.87. The molecule has 0 radical (unpaired) electrons. The number of nitrogens with zero attached hydrogens (tertiary/aromatic N) is 1. The monoisotopic (exact) mass is 291 g/mol. The summed E-state index contributed by atoms with van der Waals surface area (Å²) in [6, 6.07) is 8.25. The molecule has 0 saturated carbocycles. The Balaban J connectivity index is 2.20. The van der Waals surface area contributed by atoms with Gasteiger partial charge in [-0.05, 0) is 25.1 Å². The number of carbonyl (C=O) groups is 1. The number of hydrogen-bond donors (Lipinski definition) is 1. The predicted molar refractivity (Wildman–Crippen MR) is 70.9 cm³/mol. The van der Waals surface area contributed by atoms with Crippen molar-refractivity contribution in [3.8, 4) is 11.8 Å².